The third-order valence-electron chi connectivity index (χ3n) is 2.12. The Labute approximate surface area is 97.9 Å². The van der Waals surface area contributed by atoms with Crippen molar-refractivity contribution in [2.45, 2.75) is 18.7 Å². The van der Waals surface area contributed by atoms with Crippen molar-refractivity contribution in [1.29, 1.82) is 0 Å². The highest BCUT2D eigenvalue weighted by Crippen LogP contribution is 2.15. The van der Waals surface area contributed by atoms with Gasteiger partial charge in [0.2, 0.25) is 0 Å². The molecule has 1 aromatic carbocycles. The third-order valence-corrected chi connectivity index (χ3v) is 4.60. The zero-order valence-corrected chi connectivity index (χ0v) is 10.8. The number of hydrogen-bond acceptors (Lipinski definition) is 3. The van der Waals surface area contributed by atoms with Gasteiger partial charge >= 0.3 is 0 Å². The molecule has 0 amide bonds. The van der Waals surface area contributed by atoms with E-state index in [1.165, 1.54) is 0 Å². The molecule has 1 N–H and O–H groups in total. The molecule has 0 saturated carbocycles. The molecule has 0 aromatic heterocycles. The van der Waals surface area contributed by atoms with E-state index in [0.29, 0.717) is 4.90 Å². The summed E-state index contributed by atoms with van der Waals surface area (Å²) in [6, 6.07) is 5.52. The maximum atomic E-state index is 11.8. The van der Waals surface area contributed by atoms with Gasteiger partial charge in [0, 0.05) is 10.6 Å². The lowest BCUT2D eigenvalue weighted by Gasteiger charge is -2.06. The van der Waals surface area contributed by atoms with Crippen LogP contribution in [0.1, 0.15) is 11.1 Å². The molecule has 0 bridgehead atoms. The smallest absolute Gasteiger partial charge is 0.265 e. The fraction of sp³-hybridized carbons (Fsp3) is 0.400. The quantitative estimate of drug-likeness (QED) is 0.830. The van der Waals surface area contributed by atoms with Gasteiger partial charge in [0.1, 0.15) is 0 Å². The molecular weight excluding hydrogens is 248 g/mol. The van der Waals surface area contributed by atoms with Crippen molar-refractivity contribution in [3.63, 3.8) is 0 Å². The van der Waals surface area contributed by atoms with Crippen LogP contribution in [-0.4, -0.2) is 28.7 Å². The fourth-order valence-electron chi connectivity index (χ4n) is 1.24. The van der Waals surface area contributed by atoms with E-state index in [9.17, 15) is 12.6 Å². The molecule has 1 rings (SSSR count). The molecule has 16 heavy (non-hydrogen) atoms. The SMILES string of the molecule is Cc1ccc(C)c(S(=O)CCS(=O)(=O)O)c1. The minimum atomic E-state index is -4.04. The normalized spacial score (nSPS) is 13.7. The van der Waals surface area contributed by atoms with Crippen molar-refractivity contribution < 1.29 is 17.2 Å². The first-order chi connectivity index (χ1) is 7.29. The summed E-state index contributed by atoms with van der Waals surface area (Å²) in [6.07, 6.45) is 0. The summed E-state index contributed by atoms with van der Waals surface area (Å²) in [5.41, 5.74) is 1.83. The summed E-state index contributed by atoms with van der Waals surface area (Å²) in [7, 11) is -5.43. The Bertz CT molecular complexity index is 506. The van der Waals surface area contributed by atoms with E-state index in [-0.39, 0.29) is 5.75 Å². The van der Waals surface area contributed by atoms with Crippen molar-refractivity contribution in [3.05, 3.63) is 29.3 Å². The minimum Gasteiger partial charge on any atom is -0.286 e. The second kappa shape index (κ2) is 5.07. The molecule has 0 aliphatic rings. The van der Waals surface area contributed by atoms with Crippen molar-refractivity contribution in [2.24, 2.45) is 0 Å². The average molecular weight is 262 g/mol. The molecule has 0 saturated heterocycles. The lowest BCUT2D eigenvalue weighted by atomic mass is 10.2. The van der Waals surface area contributed by atoms with Crippen LogP contribution in [0.15, 0.2) is 23.1 Å². The van der Waals surface area contributed by atoms with Gasteiger partial charge in [-0.2, -0.15) is 8.42 Å². The van der Waals surface area contributed by atoms with Crippen LogP contribution in [0.2, 0.25) is 0 Å². The summed E-state index contributed by atoms with van der Waals surface area (Å²) >= 11 is 0. The first kappa shape index (κ1) is 13.3. The summed E-state index contributed by atoms with van der Waals surface area (Å²) in [4.78, 5) is 0.628. The second-order valence-corrected chi connectivity index (χ2v) is 6.72. The number of rotatable bonds is 4. The first-order valence-electron chi connectivity index (χ1n) is 4.70. The highest BCUT2D eigenvalue weighted by molar-refractivity contribution is 7.89. The van der Waals surface area contributed by atoms with Crippen LogP contribution >= 0.6 is 0 Å². The Morgan fingerprint density at radius 3 is 2.50 bits per heavy atom. The highest BCUT2D eigenvalue weighted by Gasteiger charge is 2.12. The predicted octanol–water partition coefficient (Wildman–Crippen LogP) is 1.30. The zero-order chi connectivity index (χ0) is 12.3. The van der Waals surface area contributed by atoms with E-state index in [1.54, 1.807) is 6.07 Å². The number of hydrogen-bond donors (Lipinski definition) is 1. The van der Waals surface area contributed by atoms with Crippen LogP contribution in [-0.2, 0) is 20.9 Å². The Hall–Kier alpha value is -0.720. The second-order valence-electron chi connectivity index (χ2n) is 3.60. The largest absolute Gasteiger partial charge is 0.286 e. The van der Waals surface area contributed by atoms with Crippen molar-refractivity contribution in [1.82, 2.24) is 0 Å². The molecule has 90 valence electrons. The van der Waals surface area contributed by atoms with Crippen LogP contribution < -0.4 is 0 Å². The van der Waals surface area contributed by atoms with Gasteiger partial charge < -0.3 is 0 Å². The Kier molecular flexibility index (Phi) is 4.23. The molecule has 1 atom stereocenters. The van der Waals surface area contributed by atoms with Crippen LogP contribution in [0.4, 0.5) is 0 Å². The molecule has 0 aliphatic heterocycles. The van der Waals surface area contributed by atoms with E-state index in [1.807, 2.05) is 26.0 Å². The maximum Gasteiger partial charge on any atom is 0.265 e. The first-order valence-corrected chi connectivity index (χ1v) is 7.63. The van der Waals surface area contributed by atoms with Gasteiger partial charge in [0.15, 0.2) is 0 Å². The molecule has 6 heteroatoms. The Morgan fingerprint density at radius 1 is 1.31 bits per heavy atom. The van der Waals surface area contributed by atoms with Gasteiger partial charge in [-0.3, -0.25) is 8.76 Å². The highest BCUT2D eigenvalue weighted by atomic mass is 32.2. The monoisotopic (exact) mass is 262 g/mol. The Morgan fingerprint density at radius 2 is 1.94 bits per heavy atom. The van der Waals surface area contributed by atoms with Crippen molar-refractivity contribution in [3.8, 4) is 0 Å². The minimum absolute atomic E-state index is 0.0802. The van der Waals surface area contributed by atoms with Crippen LogP contribution in [0, 0.1) is 13.8 Å². The molecular formula is C10H14O4S2. The lowest BCUT2D eigenvalue weighted by Crippen LogP contribution is -2.12. The molecule has 1 aromatic rings. The molecule has 0 heterocycles. The molecule has 0 spiro atoms. The Balaban J connectivity index is 2.85. The van der Waals surface area contributed by atoms with E-state index in [4.69, 9.17) is 4.55 Å². The lowest BCUT2D eigenvalue weighted by molar-refractivity contribution is 0.485. The number of benzene rings is 1. The third kappa shape index (κ3) is 4.03. The van der Waals surface area contributed by atoms with Crippen LogP contribution in [0.3, 0.4) is 0 Å². The number of aryl methyl sites for hydroxylation is 2. The van der Waals surface area contributed by atoms with Crippen molar-refractivity contribution in [2.75, 3.05) is 11.5 Å². The topological polar surface area (TPSA) is 71.4 Å². The molecule has 4 nitrogen and oxygen atoms in total. The fourth-order valence-corrected chi connectivity index (χ4v) is 3.66. The van der Waals surface area contributed by atoms with Gasteiger partial charge in [-0.25, -0.2) is 0 Å². The van der Waals surface area contributed by atoms with Gasteiger partial charge in [-0.15, -0.1) is 0 Å². The van der Waals surface area contributed by atoms with E-state index >= 15 is 0 Å². The van der Waals surface area contributed by atoms with E-state index in [0.717, 1.165) is 11.1 Å². The molecule has 0 aliphatic carbocycles. The van der Waals surface area contributed by atoms with E-state index in [2.05, 4.69) is 0 Å². The molecule has 0 radical (unpaired) electrons. The molecule has 0 fully saturated rings. The van der Waals surface area contributed by atoms with Gasteiger partial charge in [0.05, 0.1) is 16.6 Å². The summed E-state index contributed by atoms with van der Waals surface area (Å²) in [6.45, 7) is 3.70. The summed E-state index contributed by atoms with van der Waals surface area (Å²) in [5.74, 6) is -0.559. The van der Waals surface area contributed by atoms with Gasteiger partial charge in [-0.05, 0) is 31.0 Å². The van der Waals surface area contributed by atoms with E-state index < -0.39 is 26.7 Å². The zero-order valence-electron chi connectivity index (χ0n) is 9.13. The standard InChI is InChI=1S/C10H14O4S2/c1-8-3-4-9(2)10(7-8)15(11)5-6-16(12,13)14/h3-4,7H,5-6H2,1-2H3,(H,12,13,14). The van der Waals surface area contributed by atoms with Crippen LogP contribution in [0.25, 0.3) is 0 Å². The summed E-state index contributed by atoms with van der Waals surface area (Å²) < 4.78 is 41.5. The maximum absolute atomic E-state index is 11.8. The van der Waals surface area contributed by atoms with Gasteiger partial charge in [-0.1, -0.05) is 12.1 Å². The van der Waals surface area contributed by atoms with Gasteiger partial charge in [0.25, 0.3) is 10.1 Å². The molecule has 1 unspecified atom stereocenters. The predicted molar refractivity (Wildman–Crippen MR) is 63.6 cm³/mol. The summed E-state index contributed by atoms with van der Waals surface area (Å²) in [5, 5.41) is 0. The average Bonchev–Trinajstić information content (AvgIpc) is 2.17. The van der Waals surface area contributed by atoms with Crippen molar-refractivity contribution >= 4 is 20.9 Å². The van der Waals surface area contributed by atoms with Crippen LogP contribution in [0.5, 0.6) is 0 Å².